The minimum Gasteiger partial charge on any atom is -0.390 e. The highest BCUT2D eigenvalue weighted by Gasteiger charge is 2.61. The van der Waals surface area contributed by atoms with E-state index in [9.17, 15) is 9.90 Å². The van der Waals surface area contributed by atoms with Crippen molar-refractivity contribution in [3.8, 4) is 0 Å². The Hall–Kier alpha value is -0.370. The first-order valence-corrected chi connectivity index (χ1v) is 10.1. The van der Waals surface area contributed by atoms with Gasteiger partial charge in [-0.15, -0.1) is 0 Å². The maximum Gasteiger partial charge on any atom is 0.139 e. The molecule has 2 nitrogen and oxygen atoms in total. The van der Waals surface area contributed by atoms with Gasteiger partial charge < -0.3 is 5.11 Å². The summed E-state index contributed by atoms with van der Waals surface area (Å²) in [5.41, 5.74) is 0.0178. The number of carbonyl (C=O) groups is 1. The van der Waals surface area contributed by atoms with E-state index in [1.807, 2.05) is 0 Å². The predicted molar refractivity (Wildman–Crippen MR) is 92.0 cm³/mol. The van der Waals surface area contributed by atoms with E-state index in [1.54, 1.807) is 0 Å². The molecule has 0 aromatic carbocycles. The van der Waals surface area contributed by atoms with Crippen LogP contribution < -0.4 is 0 Å². The SMILES string of the molecule is CC[C@]1(O)CC[C@@]2(C)[C@@H](CC[C@@H]3[C@H]2CC[C@]2(C)C(=O)CC[C@@H]32)C1. The van der Waals surface area contributed by atoms with Crippen LogP contribution in [0, 0.1) is 34.5 Å². The molecule has 0 unspecified atom stereocenters. The Morgan fingerprint density at radius 2 is 1.83 bits per heavy atom. The second kappa shape index (κ2) is 5.07. The van der Waals surface area contributed by atoms with E-state index in [0.717, 1.165) is 50.4 Å². The van der Waals surface area contributed by atoms with Crippen LogP contribution in [0.15, 0.2) is 0 Å². The first-order chi connectivity index (χ1) is 10.8. The molecule has 2 heteroatoms. The molecule has 4 rings (SSSR count). The number of carbonyl (C=O) groups excluding carboxylic acids is 1. The summed E-state index contributed by atoms with van der Waals surface area (Å²) in [5.74, 6) is 3.47. The van der Waals surface area contributed by atoms with Crippen molar-refractivity contribution in [2.45, 2.75) is 90.6 Å². The molecular weight excluding hydrogens is 284 g/mol. The van der Waals surface area contributed by atoms with Gasteiger partial charge in [0.15, 0.2) is 0 Å². The molecule has 23 heavy (non-hydrogen) atoms. The third kappa shape index (κ3) is 2.12. The van der Waals surface area contributed by atoms with Crippen LogP contribution in [0.1, 0.15) is 85.0 Å². The van der Waals surface area contributed by atoms with Crippen LogP contribution in [0.4, 0.5) is 0 Å². The summed E-state index contributed by atoms with van der Waals surface area (Å²) >= 11 is 0. The zero-order chi connectivity index (χ0) is 16.5. The van der Waals surface area contributed by atoms with Gasteiger partial charge in [0.25, 0.3) is 0 Å². The van der Waals surface area contributed by atoms with Gasteiger partial charge in [-0.3, -0.25) is 4.79 Å². The molecule has 4 aliphatic carbocycles. The summed E-state index contributed by atoms with van der Waals surface area (Å²) in [5, 5.41) is 10.8. The fourth-order valence-corrected chi connectivity index (χ4v) is 7.41. The van der Waals surface area contributed by atoms with Crippen LogP contribution >= 0.6 is 0 Å². The molecule has 130 valence electrons. The lowest BCUT2D eigenvalue weighted by atomic mass is 9.44. The van der Waals surface area contributed by atoms with E-state index in [2.05, 4.69) is 20.8 Å². The Labute approximate surface area is 141 Å². The van der Waals surface area contributed by atoms with Gasteiger partial charge in [-0.25, -0.2) is 0 Å². The number of aliphatic hydroxyl groups is 1. The molecule has 4 aliphatic rings. The van der Waals surface area contributed by atoms with Crippen LogP contribution in [0.2, 0.25) is 0 Å². The van der Waals surface area contributed by atoms with Gasteiger partial charge >= 0.3 is 0 Å². The van der Waals surface area contributed by atoms with E-state index >= 15 is 0 Å². The van der Waals surface area contributed by atoms with Crippen molar-refractivity contribution in [3.05, 3.63) is 0 Å². The molecule has 0 radical (unpaired) electrons. The van der Waals surface area contributed by atoms with Crippen LogP contribution in [0.3, 0.4) is 0 Å². The molecule has 0 aromatic rings. The summed E-state index contributed by atoms with van der Waals surface area (Å²) < 4.78 is 0. The maximum atomic E-state index is 12.5. The van der Waals surface area contributed by atoms with Crippen LogP contribution in [0.5, 0.6) is 0 Å². The first kappa shape index (κ1) is 16.1. The first-order valence-electron chi connectivity index (χ1n) is 10.1. The fourth-order valence-electron chi connectivity index (χ4n) is 7.41. The van der Waals surface area contributed by atoms with Crippen LogP contribution in [-0.4, -0.2) is 16.5 Å². The van der Waals surface area contributed by atoms with Gasteiger partial charge in [-0.1, -0.05) is 20.8 Å². The van der Waals surface area contributed by atoms with Crippen molar-refractivity contribution in [3.63, 3.8) is 0 Å². The Balaban J connectivity index is 1.61. The molecule has 0 bridgehead atoms. The number of Topliss-reactive ketones (excluding diaryl/α,β-unsaturated/α-hetero) is 1. The summed E-state index contributed by atoms with van der Waals surface area (Å²) in [6, 6.07) is 0. The molecule has 0 spiro atoms. The molecule has 4 saturated carbocycles. The Bertz CT molecular complexity index is 514. The van der Waals surface area contributed by atoms with E-state index in [-0.39, 0.29) is 5.41 Å². The summed E-state index contributed by atoms with van der Waals surface area (Å²) in [4.78, 5) is 12.5. The average Bonchev–Trinajstić information content (AvgIpc) is 2.84. The highest BCUT2D eigenvalue weighted by molar-refractivity contribution is 5.87. The number of hydrogen-bond donors (Lipinski definition) is 1. The molecule has 0 aliphatic heterocycles. The average molecular weight is 319 g/mol. The third-order valence-electron chi connectivity index (χ3n) is 9.19. The zero-order valence-corrected chi connectivity index (χ0v) is 15.2. The highest BCUT2D eigenvalue weighted by Crippen LogP contribution is 2.66. The minimum absolute atomic E-state index is 0.00316. The predicted octanol–water partition coefficient (Wildman–Crippen LogP) is 4.74. The largest absolute Gasteiger partial charge is 0.390 e. The lowest BCUT2D eigenvalue weighted by Crippen LogP contribution is -2.55. The summed E-state index contributed by atoms with van der Waals surface area (Å²) in [7, 11) is 0. The standard InChI is InChI=1S/C21H34O2/c1-4-21(23)12-11-19(2)14(13-21)5-6-15-16-7-8-18(22)20(16,3)10-9-17(15)19/h14-17,23H,4-13H2,1-3H3/t14-,15-,16-,17+,19-,20-,21-/m0/s1. The smallest absolute Gasteiger partial charge is 0.139 e. The molecular formula is C21H34O2. The molecule has 0 aromatic heterocycles. The summed E-state index contributed by atoms with van der Waals surface area (Å²) in [6.45, 7) is 6.95. The summed E-state index contributed by atoms with van der Waals surface area (Å²) in [6.07, 6.45) is 11.0. The topological polar surface area (TPSA) is 37.3 Å². The van der Waals surface area contributed by atoms with Gasteiger partial charge in [0.2, 0.25) is 0 Å². The van der Waals surface area contributed by atoms with Gasteiger partial charge in [-0.2, -0.15) is 0 Å². The van der Waals surface area contributed by atoms with Gasteiger partial charge in [0.1, 0.15) is 5.78 Å². The quantitative estimate of drug-likeness (QED) is 0.758. The lowest BCUT2D eigenvalue weighted by molar-refractivity contribution is -0.154. The van der Waals surface area contributed by atoms with Crippen molar-refractivity contribution >= 4 is 5.78 Å². The van der Waals surface area contributed by atoms with Gasteiger partial charge in [0.05, 0.1) is 5.60 Å². The van der Waals surface area contributed by atoms with E-state index in [1.165, 1.54) is 25.7 Å². The van der Waals surface area contributed by atoms with Crippen molar-refractivity contribution in [2.24, 2.45) is 34.5 Å². The molecule has 4 fully saturated rings. The van der Waals surface area contributed by atoms with E-state index in [0.29, 0.717) is 23.0 Å². The zero-order valence-electron chi connectivity index (χ0n) is 15.2. The molecule has 0 heterocycles. The Kier molecular flexibility index (Phi) is 3.55. The lowest BCUT2D eigenvalue weighted by Gasteiger charge is -2.61. The Morgan fingerprint density at radius 1 is 1.04 bits per heavy atom. The molecule has 0 saturated heterocycles. The minimum atomic E-state index is -0.399. The molecule has 1 N–H and O–H groups in total. The fraction of sp³-hybridized carbons (Fsp3) is 0.952. The monoisotopic (exact) mass is 318 g/mol. The van der Waals surface area contributed by atoms with Crippen molar-refractivity contribution in [1.29, 1.82) is 0 Å². The van der Waals surface area contributed by atoms with Crippen molar-refractivity contribution < 1.29 is 9.90 Å². The highest BCUT2D eigenvalue weighted by atomic mass is 16.3. The van der Waals surface area contributed by atoms with Crippen LogP contribution in [0.25, 0.3) is 0 Å². The third-order valence-corrected chi connectivity index (χ3v) is 9.19. The van der Waals surface area contributed by atoms with E-state index in [4.69, 9.17) is 0 Å². The second-order valence-electron chi connectivity index (χ2n) is 9.86. The van der Waals surface area contributed by atoms with Crippen molar-refractivity contribution in [1.82, 2.24) is 0 Å². The number of rotatable bonds is 1. The Morgan fingerprint density at radius 3 is 2.57 bits per heavy atom. The van der Waals surface area contributed by atoms with Gasteiger partial charge in [-0.05, 0) is 86.9 Å². The molecule has 0 amide bonds. The maximum absolute atomic E-state index is 12.5. The number of hydrogen-bond acceptors (Lipinski definition) is 2. The molecule has 7 atom stereocenters. The second-order valence-corrected chi connectivity index (χ2v) is 9.86. The number of ketones is 1. The van der Waals surface area contributed by atoms with Crippen molar-refractivity contribution in [2.75, 3.05) is 0 Å². The van der Waals surface area contributed by atoms with Gasteiger partial charge in [0, 0.05) is 11.8 Å². The van der Waals surface area contributed by atoms with E-state index < -0.39 is 5.60 Å². The number of fused-ring (bicyclic) bond motifs is 5. The van der Waals surface area contributed by atoms with Crippen LogP contribution in [-0.2, 0) is 4.79 Å². The normalized spacial score (nSPS) is 55.9.